The Morgan fingerprint density at radius 3 is 2.58 bits per heavy atom. The first-order valence-electron chi connectivity index (χ1n) is 7.64. The van der Waals surface area contributed by atoms with Crippen molar-refractivity contribution in [1.29, 1.82) is 0 Å². The molecule has 1 aromatic rings. The minimum absolute atomic E-state index is 0.0466. The second-order valence-electron chi connectivity index (χ2n) is 6.23. The molecule has 0 heterocycles. The fourth-order valence-corrected chi connectivity index (χ4v) is 2.54. The molecular formula is C17H26FN. The second kappa shape index (κ2) is 7.04. The van der Waals surface area contributed by atoms with Crippen molar-refractivity contribution < 1.29 is 4.39 Å². The molecule has 19 heavy (non-hydrogen) atoms. The summed E-state index contributed by atoms with van der Waals surface area (Å²) in [6.45, 7) is 5.42. The summed E-state index contributed by atoms with van der Waals surface area (Å²) in [5.41, 5.74) is 0.888. The van der Waals surface area contributed by atoms with E-state index in [4.69, 9.17) is 0 Å². The highest BCUT2D eigenvalue weighted by Crippen LogP contribution is 2.27. The summed E-state index contributed by atoms with van der Waals surface area (Å²) in [7, 11) is 0. The molecule has 106 valence electrons. The van der Waals surface area contributed by atoms with Crippen LogP contribution in [0.1, 0.15) is 57.4 Å². The van der Waals surface area contributed by atoms with Crippen molar-refractivity contribution in [2.75, 3.05) is 6.54 Å². The molecule has 1 saturated carbocycles. The topological polar surface area (TPSA) is 12.0 Å². The number of halogens is 1. The van der Waals surface area contributed by atoms with Crippen LogP contribution in [0, 0.1) is 11.7 Å². The van der Waals surface area contributed by atoms with Gasteiger partial charge < -0.3 is 5.32 Å². The standard InChI is InChI=1S/C17H26FN/c1-13(2)6-5-7-14(12-19-15-10-11-15)16-8-3-4-9-17(16)18/h3-4,8-9,13-15,19H,5-7,10-12H2,1-2H3. The Balaban J connectivity index is 1.93. The van der Waals surface area contributed by atoms with E-state index < -0.39 is 0 Å². The average Bonchev–Trinajstić information content (AvgIpc) is 3.18. The fourth-order valence-electron chi connectivity index (χ4n) is 2.54. The minimum atomic E-state index is -0.0466. The van der Waals surface area contributed by atoms with Gasteiger partial charge in [-0.05, 0) is 42.7 Å². The van der Waals surface area contributed by atoms with Crippen molar-refractivity contribution in [3.63, 3.8) is 0 Å². The first kappa shape index (κ1) is 14.5. The third kappa shape index (κ3) is 4.94. The zero-order valence-electron chi connectivity index (χ0n) is 12.2. The zero-order chi connectivity index (χ0) is 13.7. The van der Waals surface area contributed by atoms with Crippen LogP contribution in [-0.4, -0.2) is 12.6 Å². The van der Waals surface area contributed by atoms with E-state index in [0.29, 0.717) is 12.0 Å². The Morgan fingerprint density at radius 2 is 1.95 bits per heavy atom. The largest absolute Gasteiger partial charge is 0.313 e. The van der Waals surface area contributed by atoms with Gasteiger partial charge in [-0.3, -0.25) is 0 Å². The van der Waals surface area contributed by atoms with Crippen molar-refractivity contribution in [3.05, 3.63) is 35.6 Å². The third-order valence-electron chi connectivity index (χ3n) is 3.91. The average molecular weight is 263 g/mol. The summed E-state index contributed by atoms with van der Waals surface area (Å²) >= 11 is 0. The molecule has 1 aliphatic rings. The summed E-state index contributed by atoms with van der Waals surface area (Å²) in [5.74, 6) is 1.01. The van der Waals surface area contributed by atoms with Crippen LogP contribution in [0.25, 0.3) is 0 Å². The second-order valence-corrected chi connectivity index (χ2v) is 6.23. The van der Waals surface area contributed by atoms with E-state index in [0.717, 1.165) is 24.4 Å². The van der Waals surface area contributed by atoms with Gasteiger partial charge in [0.25, 0.3) is 0 Å². The predicted molar refractivity (Wildman–Crippen MR) is 78.9 cm³/mol. The molecule has 2 heteroatoms. The van der Waals surface area contributed by atoms with Crippen LogP contribution >= 0.6 is 0 Å². The highest BCUT2D eigenvalue weighted by molar-refractivity contribution is 5.22. The van der Waals surface area contributed by atoms with Crippen molar-refractivity contribution in [1.82, 2.24) is 5.32 Å². The Bertz CT molecular complexity index is 385. The van der Waals surface area contributed by atoms with E-state index in [2.05, 4.69) is 19.2 Å². The zero-order valence-corrected chi connectivity index (χ0v) is 12.2. The molecule has 1 atom stereocenters. The van der Waals surface area contributed by atoms with Gasteiger partial charge in [0.2, 0.25) is 0 Å². The Morgan fingerprint density at radius 1 is 1.21 bits per heavy atom. The molecule has 0 aliphatic heterocycles. The maximum Gasteiger partial charge on any atom is 0.126 e. The van der Waals surface area contributed by atoms with E-state index in [1.54, 1.807) is 12.1 Å². The van der Waals surface area contributed by atoms with Crippen LogP contribution in [0.15, 0.2) is 24.3 Å². The highest BCUT2D eigenvalue weighted by atomic mass is 19.1. The van der Waals surface area contributed by atoms with Gasteiger partial charge in [0.15, 0.2) is 0 Å². The van der Waals surface area contributed by atoms with Gasteiger partial charge in [-0.1, -0.05) is 44.9 Å². The molecule has 0 bridgehead atoms. The summed E-state index contributed by atoms with van der Waals surface area (Å²) in [6.07, 6.45) is 6.07. The molecule has 1 aromatic carbocycles. The molecule has 2 rings (SSSR count). The monoisotopic (exact) mass is 263 g/mol. The first-order valence-corrected chi connectivity index (χ1v) is 7.64. The SMILES string of the molecule is CC(C)CCCC(CNC1CC1)c1ccccc1F. The van der Waals surface area contributed by atoms with Crippen molar-refractivity contribution >= 4 is 0 Å². The fraction of sp³-hybridized carbons (Fsp3) is 0.647. The van der Waals surface area contributed by atoms with E-state index in [-0.39, 0.29) is 5.82 Å². The molecule has 1 fully saturated rings. The van der Waals surface area contributed by atoms with E-state index in [9.17, 15) is 4.39 Å². The van der Waals surface area contributed by atoms with E-state index in [1.165, 1.54) is 25.7 Å². The summed E-state index contributed by atoms with van der Waals surface area (Å²) < 4.78 is 13.9. The molecule has 0 saturated heterocycles. The number of benzene rings is 1. The Kier molecular flexibility index (Phi) is 5.38. The normalized spacial score (nSPS) is 16.8. The predicted octanol–water partition coefficient (Wildman–Crippen LogP) is 4.49. The lowest BCUT2D eigenvalue weighted by Gasteiger charge is -2.19. The third-order valence-corrected chi connectivity index (χ3v) is 3.91. The summed E-state index contributed by atoms with van der Waals surface area (Å²) in [5, 5.41) is 3.55. The van der Waals surface area contributed by atoms with Crippen LogP contribution in [0.4, 0.5) is 4.39 Å². The van der Waals surface area contributed by atoms with Crippen molar-refractivity contribution in [3.8, 4) is 0 Å². The molecular weight excluding hydrogens is 237 g/mol. The van der Waals surface area contributed by atoms with Crippen molar-refractivity contribution in [2.45, 2.75) is 57.9 Å². The molecule has 0 radical (unpaired) electrons. The lowest BCUT2D eigenvalue weighted by molar-refractivity contribution is 0.466. The Labute approximate surface area is 116 Å². The smallest absolute Gasteiger partial charge is 0.126 e. The van der Waals surface area contributed by atoms with Gasteiger partial charge in [-0.2, -0.15) is 0 Å². The van der Waals surface area contributed by atoms with Gasteiger partial charge >= 0.3 is 0 Å². The highest BCUT2D eigenvalue weighted by Gasteiger charge is 2.23. The lowest BCUT2D eigenvalue weighted by atomic mass is 9.91. The number of rotatable bonds is 8. The summed E-state index contributed by atoms with van der Waals surface area (Å²) in [6, 6.07) is 7.95. The van der Waals surface area contributed by atoms with Crippen LogP contribution in [0.5, 0.6) is 0 Å². The van der Waals surface area contributed by atoms with Crippen LogP contribution in [-0.2, 0) is 0 Å². The van der Waals surface area contributed by atoms with Gasteiger partial charge in [-0.15, -0.1) is 0 Å². The van der Waals surface area contributed by atoms with Gasteiger partial charge in [0.1, 0.15) is 5.82 Å². The first-order chi connectivity index (χ1) is 9.16. The van der Waals surface area contributed by atoms with Gasteiger partial charge in [0, 0.05) is 12.6 Å². The van der Waals surface area contributed by atoms with Crippen LogP contribution in [0.2, 0.25) is 0 Å². The van der Waals surface area contributed by atoms with Gasteiger partial charge in [0.05, 0.1) is 0 Å². The minimum Gasteiger partial charge on any atom is -0.313 e. The lowest BCUT2D eigenvalue weighted by Crippen LogP contribution is -2.24. The van der Waals surface area contributed by atoms with Crippen LogP contribution < -0.4 is 5.32 Å². The number of hydrogen-bond acceptors (Lipinski definition) is 1. The summed E-state index contributed by atoms with van der Waals surface area (Å²) in [4.78, 5) is 0. The number of nitrogens with one attached hydrogen (secondary N) is 1. The van der Waals surface area contributed by atoms with Gasteiger partial charge in [-0.25, -0.2) is 4.39 Å². The van der Waals surface area contributed by atoms with Crippen LogP contribution in [0.3, 0.4) is 0 Å². The molecule has 1 unspecified atom stereocenters. The number of hydrogen-bond donors (Lipinski definition) is 1. The molecule has 1 nitrogen and oxygen atoms in total. The molecule has 1 N–H and O–H groups in total. The maximum absolute atomic E-state index is 13.9. The molecule has 0 amide bonds. The van der Waals surface area contributed by atoms with Crippen molar-refractivity contribution in [2.24, 2.45) is 5.92 Å². The van der Waals surface area contributed by atoms with E-state index >= 15 is 0 Å². The Hall–Kier alpha value is -0.890. The van der Waals surface area contributed by atoms with E-state index in [1.807, 2.05) is 12.1 Å². The maximum atomic E-state index is 13.9. The molecule has 1 aliphatic carbocycles. The quantitative estimate of drug-likeness (QED) is 0.728. The molecule has 0 aromatic heterocycles. The molecule has 0 spiro atoms.